The molecule has 0 aliphatic rings. The molecule has 5 nitrogen and oxygen atoms in total. The number of rotatable bonds is 5. The predicted octanol–water partition coefficient (Wildman–Crippen LogP) is 2.00. The van der Waals surface area contributed by atoms with Crippen LogP contribution in [0, 0.1) is 0 Å². The summed E-state index contributed by atoms with van der Waals surface area (Å²) >= 11 is 1.26. The molecule has 0 atom stereocenters. The first kappa shape index (κ1) is 18.7. The van der Waals surface area contributed by atoms with E-state index in [9.17, 15) is 9.59 Å². The number of aromatic nitrogens is 1. The summed E-state index contributed by atoms with van der Waals surface area (Å²) in [5.41, 5.74) is 2.35. The van der Waals surface area contributed by atoms with Gasteiger partial charge in [-0.1, -0.05) is 12.1 Å². The van der Waals surface area contributed by atoms with Gasteiger partial charge in [-0.15, -0.1) is 11.3 Å². The van der Waals surface area contributed by atoms with E-state index in [0.717, 1.165) is 11.3 Å². The first-order valence-corrected chi connectivity index (χ1v) is 9.16. The summed E-state index contributed by atoms with van der Waals surface area (Å²) in [7, 11) is 5.53. The van der Waals surface area contributed by atoms with E-state index < -0.39 is 0 Å². The van der Waals surface area contributed by atoms with Crippen molar-refractivity contribution in [3.8, 4) is 5.75 Å². The van der Waals surface area contributed by atoms with Crippen LogP contribution in [0.3, 0.4) is 0 Å². The fourth-order valence-corrected chi connectivity index (χ4v) is 3.39. The Kier molecular flexibility index (Phi) is 5.57. The first-order chi connectivity index (χ1) is 13.0. The molecule has 138 valence electrons. The van der Waals surface area contributed by atoms with E-state index >= 15 is 0 Å². The molecule has 3 rings (SSSR count). The summed E-state index contributed by atoms with van der Waals surface area (Å²) in [5.74, 6) is 0.519. The van der Waals surface area contributed by atoms with Crippen LogP contribution in [0.25, 0.3) is 12.2 Å². The standard InChI is InChI=1S/C21H20N2O3S/c1-23(2)16-8-4-14(5-9-16)12-19-21(25)22-20(27-19)13-18(24)15-6-10-17(26-3)11-7-15/h4-13H,1-3H3,(H,22,25)/b19-12+,20-13+. The zero-order valence-corrected chi connectivity index (χ0v) is 16.2. The monoisotopic (exact) mass is 380 g/mol. The van der Waals surface area contributed by atoms with Crippen molar-refractivity contribution in [2.75, 3.05) is 26.1 Å². The maximum atomic E-state index is 12.4. The van der Waals surface area contributed by atoms with Crippen LogP contribution in [-0.4, -0.2) is 32.0 Å². The molecule has 1 aromatic heterocycles. The number of carbonyl (C=O) groups excluding carboxylic acids is 1. The van der Waals surface area contributed by atoms with Gasteiger partial charge in [0.15, 0.2) is 5.78 Å². The van der Waals surface area contributed by atoms with E-state index in [1.54, 1.807) is 31.4 Å². The van der Waals surface area contributed by atoms with Crippen LogP contribution >= 0.6 is 11.3 Å². The van der Waals surface area contributed by atoms with E-state index in [1.807, 2.05) is 49.3 Å². The summed E-state index contributed by atoms with van der Waals surface area (Å²) in [6.45, 7) is 0. The largest absolute Gasteiger partial charge is 0.497 e. The van der Waals surface area contributed by atoms with Crippen LogP contribution in [0.1, 0.15) is 15.9 Å². The second-order valence-electron chi connectivity index (χ2n) is 6.15. The molecule has 0 radical (unpaired) electrons. The number of anilines is 1. The highest BCUT2D eigenvalue weighted by Gasteiger charge is 2.04. The molecular formula is C21H20N2O3S. The minimum absolute atomic E-state index is 0.169. The van der Waals surface area contributed by atoms with Gasteiger partial charge in [-0.25, -0.2) is 0 Å². The van der Waals surface area contributed by atoms with Gasteiger partial charge in [0.1, 0.15) is 5.75 Å². The van der Waals surface area contributed by atoms with Gasteiger partial charge in [0, 0.05) is 31.4 Å². The minimum atomic E-state index is -0.203. The molecule has 0 bridgehead atoms. The van der Waals surface area contributed by atoms with E-state index in [2.05, 4.69) is 4.98 Å². The number of Topliss-reactive ketones (excluding diaryl/α,β-unsaturated/α-hetero) is 1. The SMILES string of the molecule is COc1ccc(C(=O)/C=c2\[nH]c(=O)/c(=C\c3ccc(N(C)C)cc3)s2)cc1. The maximum Gasteiger partial charge on any atom is 0.266 e. The zero-order valence-electron chi connectivity index (χ0n) is 15.4. The number of H-pyrrole nitrogens is 1. The lowest BCUT2D eigenvalue weighted by Crippen LogP contribution is -2.20. The van der Waals surface area contributed by atoms with Gasteiger partial charge < -0.3 is 14.6 Å². The van der Waals surface area contributed by atoms with E-state index in [-0.39, 0.29) is 11.3 Å². The van der Waals surface area contributed by atoms with E-state index in [1.165, 1.54) is 17.4 Å². The average molecular weight is 380 g/mol. The molecule has 3 aromatic rings. The summed E-state index contributed by atoms with van der Waals surface area (Å²) in [6.07, 6.45) is 3.26. The van der Waals surface area contributed by atoms with Crippen LogP contribution in [-0.2, 0) is 0 Å². The van der Waals surface area contributed by atoms with E-state index in [4.69, 9.17) is 4.74 Å². The van der Waals surface area contributed by atoms with Crippen LogP contribution in [0.4, 0.5) is 5.69 Å². The number of thiazole rings is 1. The third kappa shape index (κ3) is 4.54. The third-order valence-electron chi connectivity index (χ3n) is 4.02. The van der Waals surface area contributed by atoms with Gasteiger partial charge in [0.25, 0.3) is 5.56 Å². The number of hydrogen-bond donors (Lipinski definition) is 1. The molecule has 27 heavy (non-hydrogen) atoms. The number of methoxy groups -OCH3 is 1. The van der Waals surface area contributed by atoms with Gasteiger partial charge in [-0.05, 0) is 48.0 Å². The number of hydrogen-bond acceptors (Lipinski definition) is 5. The molecule has 2 aromatic carbocycles. The number of ether oxygens (including phenoxy) is 1. The highest BCUT2D eigenvalue weighted by molar-refractivity contribution is 7.07. The highest BCUT2D eigenvalue weighted by Crippen LogP contribution is 2.13. The number of nitrogens with one attached hydrogen (secondary N) is 1. The number of aromatic amines is 1. The lowest BCUT2D eigenvalue weighted by atomic mass is 10.1. The van der Waals surface area contributed by atoms with Gasteiger partial charge in [-0.2, -0.15) is 0 Å². The Hall–Kier alpha value is -3.12. The Bertz CT molecular complexity index is 1110. The molecule has 0 fully saturated rings. The van der Waals surface area contributed by atoms with Crippen molar-refractivity contribution in [1.29, 1.82) is 0 Å². The lowest BCUT2D eigenvalue weighted by molar-refractivity contribution is 0.106. The molecule has 0 amide bonds. The van der Waals surface area contributed by atoms with Crippen LogP contribution in [0.2, 0.25) is 0 Å². The van der Waals surface area contributed by atoms with Gasteiger partial charge in [0.2, 0.25) is 0 Å². The van der Waals surface area contributed by atoms with Gasteiger partial charge in [-0.3, -0.25) is 9.59 Å². The van der Waals surface area contributed by atoms with E-state index in [0.29, 0.717) is 20.5 Å². The fourth-order valence-electron chi connectivity index (χ4n) is 2.50. The van der Waals surface area contributed by atoms with Crippen molar-refractivity contribution >= 4 is 35.0 Å². The van der Waals surface area contributed by atoms with Gasteiger partial charge >= 0.3 is 0 Å². The first-order valence-electron chi connectivity index (χ1n) is 8.34. The fraction of sp³-hybridized carbons (Fsp3) is 0.143. The Morgan fingerprint density at radius 3 is 2.33 bits per heavy atom. The zero-order chi connectivity index (χ0) is 19.4. The van der Waals surface area contributed by atoms with Crippen LogP contribution < -0.4 is 24.4 Å². The lowest BCUT2D eigenvalue weighted by Gasteiger charge is -2.11. The number of nitrogens with zero attached hydrogens (tertiary/aromatic N) is 1. The Morgan fingerprint density at radius 2 is 1.74 bits per heavy atom. The molecule has 0 spiro atoms. The summed E-state index contributed by atoms with van der Waals surface area (Å²) in [5, 5.41) is 0. The van der Waals surface area contributed by atoms with Crippen molar-refractivity contribution in [3.63, 3.8) is 0 Å². The van der Waals surface area contributed by atoms with Crippen molar-refractivity contribution in [2.24, 2.45) is 0 Å². The predicted molar refractivity (Wildman–Crippen MR) is 110 cm³/mol. The quantitative estimate of drug-likeness (QED) is 0.688. The summed E-state index contributed by atoms with van der Waals surface area (Å²) < 4.78 is 6.17. The smallest absolute Gasteiger partial charge is 0.266 e. The number of ketones is 1. The van der Waals surface area contributed by atoms with Crippen molar-refractivity contribution in [2.45, 2.75) is 0 Å². The van der Waals surface area contributed by atoms with Crippen LogP contribution in [0.5, 0.6) is 5.75 Å². The third-order valence-corrected chi connectivity index (χ3v) is 4.99. The van der Waals surface area contributed by atoms with Crippen molar-refractivity contribution in [3.05, 3.63) is 79.2 Å². The van der Waals surface area contributed by atoms with Crippen molar-refractivity contribution < 1.29 is 9.53 Å². The Balaban J connectivity index is 1.89. The minimum Gasteiger partial charge on any atom is -0.497 e. The summed E-state index contributed by atoms with van der Waals surface area (Å²) in [6, 6.07) is 14.8. The van der Waals surface area contributed by atoms with Gasteiger partial charge in [0.05, 0.1) is 16.3 Å². The Morgan fingerprint density at radius 1 is 1.07 bits per heavy atom. The molecule has 0 saturated carbocycles. The van der Waals surface area contributed by atoms with Crippen LogP contribution in [0.15, 0.2) is 53.3 Å². The molecule has 1 heterocycles. The molecular weight excluding hydrogens is 360 g/mol. The normalized spacial score (nSPS) is 12.3. The number of benzene rings is 2. The molecule has 6 heteroatoms. The topological polar surface area (TPSA) is 62.4 Å². The Labute approximate surface area is 160 Å². The molecule has 0 saturated heterocycles. The summed E-state index contributed by atoms with van der Waals surface area (Å²) in [4.78, 5) is 29.3. The maximum absolute atomic E-state index is 12.4. The molecule has 1 N–H and O–H groups in total. The van der Waals surface area contributed by atoms with Crippen molar-refractivity contribution in [1.82, 2.24) is 4.98 Å². The second-order valence-corrected chi connectivity index (χ2v) is 7.24. The second kappa shape index (κ2) is 8.05. The average Bonchev–Trinajstić information content (AvgIpc) is 3.01. The highest BCUT2D eigenvalue weighted by atomic mass is 32.1. The molecule has 0 unspecified atom stereocenters. The number of carbonyl (C=O) groups is 1. The molecule has 0 aliphatic heterocycles. The molecule has 0 aliphatic carbocycles.